The molecule has 0 aliphatic rings. The fourth-order valence-electron chi connectivity index (χ4n) is 1.09. The Kier molecular flexibility index (Phi) is 3.96. The number of nitrogens with one attached hydrogen (secondary N) is 1. The number of carboxylic acid groups (broad SMARTS) is 1. The molecule has 0 heterocycles. The molecule has 1 aromatic carbocycles. The van der Waals surface area contributed by atoms with Crippen molar-refractivity contribution < 1.29 is 14.8 Å². The summed E-state index contributed by atoms with van der Waals surface area (Å²) in [6.45, 7) is 1.90. The molecule has 0 aliphatic carbocycles. The summed E-state index contributed by atoms with van der Waals surface area (Å²) in [6.07, 6.45) is 0. The lowest BCUT2D eigenvalue weighted by atomic mass is 10.2. The predicted molar refractivity (Wildman–Crippen MR) is 57.0 cm³/mol. The first kappa shape index (κ1) is 12.1. The highest BCUT2D eigenvalue weighted by Gasteiger charge is 2.09. The summed E-state index contributed by atoms with van der Waals surface area (Å²) in [4.78, 5) is 20.4. The molecule has 86 valence electrons. The average molecular weight is 224 g/mol. The zero-order chi connectivity index (χ0) is 12.1. The van der Waals surface area contributed by atoms with Gasteiger partial charge in [0.2, 0.25) is 0 Å². The molecule has 6 heteroatoms. The SMILES string of the molecule is C[C@@H](NCc1ccc([N+](=O)[O-])cc1)C(=O)O. The molecule has 1 atom stereocenters. The lowest BCUT2D eigenvalue weighted by Crippen LogP contribution is -2.33. The van der Waals surface area contributed by atoms with Gasteiger partial charge in [0, 0.05) is 18.7 Å². The van der Waals surface area contributed by atoms with Crippen molar-refractivity contribution in [2.75, 3.05) is 0 Å². The second-order valence-corrected chi connectivity index (χ2v) is 3.36. The number of carbonyl (C=O) groups is 1. The molecule has 0 bridgehead atoms. The lowest BCUT2D eigenvalue weighted by molar-refractivity contribution is -0.384. The number of hydrogen-bond donors (Lipinski definition) is 2. The minimum Gasteiger partial charge on any atom is -0.480 e. The minimum atomic E-state index is -0.929. The van der Waals surface area contributed by atoms with Crippen LogP contribution in [0.15, 0.2) is 24.3 Å². The number of nitro groups is 1. The standard InChI is InChI=1S/C10H12N2O4/c1-7(10(13)14)11-6-8-2-4-9(5-3-8)12(15)16/h2-5,7,11H,6H2,1H3,(H,13,14)/t7-/m1/s1. The number of aliphatic carboxylic acids is 1. The van der Waals surface area contributed by atoms with Crippen LogP contribution in [0.4, 0.5) is 5.69 Å². The molecule has 16 heavy (non-hydrogen) atoms. The first-order valence-electron chi connectivity index (χ1n) is 4.70. The molecule has 1 rings (SSSR count). The first-order chi connectivity index (χ1) is 7.50. The fourth-order valence-corrected chi connectivity index (χ4v) is 1.09. The summed E-state index contributed by atoms with van der Waals surface area (Å²) in [5.41, 5.74) is 0.828. The smallest absolute Gasteiger partial charge is 0.320 e. The van der Waals surface area contributed by atoms with Crippen LogP contribution in [-0.2, 0) is 11.3 Å². The number of non-ortho nitro benzene ring substituents is 1. The maximum atomic E-state index is 10.5. The van der Waals surface area contributed by atoms with Crippen LogP contribution in [0.1, 0.15) is 12.5 Å². The molecular formula is C10H12N2O4. The van der Waals surface area contributed by atoms with E-state index in [9.17, 15) is 14.9 Å². The Morgan fingerprint density at radius 3 is 2.50 bits per heavy atom. The van der Waals surface area contributed by atoms with Gasteiger partial charge in [-0.15, -0.1) is 0 Å². The van der Waals surface area contributed by atoms with E-state index >= 15 is 0 Å². The second kappa shape index (κ2) is 5.22. The van der Waals surface area contributed by atoms with E-state index in [0.29, 0.717) is 6.54 Å². The molecule has 2 N–H and O–H groups in total. The van der Waals surface area contributed by atoms with Gasteiger partial charge in [-0.25, -0.2) is 0 Å². The third-order valence-corrected chi connectivity index (χ3v) is 2.13. The fraction of sp³-hybridized carbons (Fsp3) is 0.300. The number of nitro benzene ring substituents is 1. The van der Waals surface area contributed by atoms with E-state index in [0.717, 1.165) is 5.56 Å². The molecule has 1 aromatic rings. The third kappa shape index (κ3) is 3.32. The second-order valence-electron chi connectivity index (χ2n) is 3.36. The molecular weight excluding hydrogens is 212 g/mol. The largest absolute Gasteiger partial charge is 0.480 e. The van der Waals surface area contributed by atoms with Gasteiger partial charge in [0.1, 0.15) is 6.04 Å². The molecule has 6 nitrogen and oxygen atoms in total. The van der Waals surface area contributed by atoms with Gasteiger partial charge < -0.3 is 10.4 Å². The highest BCUT2D eigenvalue weighted by atomic mass is 16.6. The summed E-state index contributed by atoms with van der Waals surface area (Å²) in [5.74, 6) is -0.929. The van der Waals surface area contributed by atoms with Crippen molar-refractivity contribution >= 4 is 11.7 Å². The Morgan fingerprint density at radius 2 is 2.06 bits per heavy atom. The van der Waals surface area contributed by atoms with Crippen molar-refractivity contribution in [3.8, 4) is 0 Å². The predicted octanol–water partition coefficient (Wildman–Crippen LogP) is 1.16. The van der Waals surface area contributed by atoms with E-state index in [1.807, 2.05) is 0 Å². The number of rotatable bonds is 5. The van der Waals surface area contributed by atoms with Gasteiger partial charge in [0.15, 0.2) is 0 Å². The van der Waals surface area contributed by atoms with Crippen LogP contribution in [0, 0.1) is 10.1 Å². The summed E-state index contributed by atoms with van der Waals surface area (Å²) in [7, 11) is 0. The summed E-state index contributed by atoms with van der Waals surface area (Å²) in [5, 5.41) is 21.8. The van der Waals surface area contributed by atoms with Crippen LogP contribution < -0.4 is 5.32 Å². The Balaban J connectivity index is 2.56. The van der Waals surface area contributed by atoms with E-state index in [-0.39, 0.29) is 5.69 Å². The molecule has 0 spiro atoms. The number of hydrogen-bond acceptors (Lipinski definition) is 4. The number of carboxylic acids is 1. The van der Waals surface area contributed by atoms with Crippen LogP contribution in [0.5, 0.6) is 0 Å². The van der Waals surface area contributed by atoms with Crippen LogP contribution >= 0.6 is 0 Å². The van der Waals surface area contributed by atoms with Gasteiger partial charge in [0.05, 0.1) is 4.92 Å². The third-order valence-electron chi connectivity index (χ3n) is 2.13. The summed E-state index contributed by atoms with van der Waals surface area (Å²) < 4.78 is 0. The van der Waals surface area contributed by atoms with Crippen molar-refractivity contribution in [2.45, 2.75) is 19.5 Å². The van der Waals surface area contributed by atoms with Crippen molar-refractivity contribution in [1.82, 2.24) is 5.32 Å². The van der Waals surface area contributed by atoms with Gasteiger partial charge in [0.25, 0.3) is 5.69 Å². The van der Waals surface area contributed by atoms with Crippen LogP contribution in [-0.4, -0.2) is 22.0 Å². The van der Waals surface area contributed by atoms with E-state index < -0.39 is 16.9 Å². The summed E-state index contributed by atoms with van der Waals surface area (Å²) in [6, 6.07) is 5.33. The van der Waals surface area contributed by atoms with Crippen LogP contribution in [0.25, 0.3) is 0 Å². The lowest BCUT2D eigenvalue weighted by Gasteiger charge is -2.08. The maximum absolute atomic E-state index is 10.5. The van der Waals surface area contributed by atoms with Gasteiger partial charge in [-0.1, -0.05) is 12.1 Å². The quantitative estimate of drug-likeness (QED) is 0.578. The number of nitrogens with zero attached hydrogens (tertiary/aromatic N) is 1. The van der Waals surface area contributed by atoms with Crippen molar-refractivity contribution in [3.05, 3.63) is 39.9 Å². The normalized spacial score (nSPS) is 12.1. The topological polar surface area (TPSA) is 92.5 Å². The van der Waals surface area contributed by atoms with Gasteiger partial charge in [-0.3, -0.25) is 14.9 Å². The minimum absolute atomic E-state index is 0.0232. The molecule has 0 aliphatic heterocycles. The maximum Gasteiger partial charge on any atom is 0.320 e. The van der Waals surface area contributed by atoms with Crippen molar-refractivity contribution in [1.29, 1.82) is 0 Å². The Morgan fingerprint density at radius 1 is 1.50 bits per heavy atom. The van der Waals surface area contributed by atoms with E-state index in [4.69, 9.17) is 5.11 Å². The highest BCUT2D eigenvalue weighted by Crippen LogP contribution is 2.11. The molecule has 0 fully saturated rings. The Labute approximate surface area is 92.0 Å². The monoisotopic (exact) mass is 224 g/mol. The summed E-state index contributed by atoms with van der Waals surface area (Å²) >= 11 is 0. The zero-order valence-corrected chi connectivity index (χ0v) is 8.71. The molecule has 0 saturated carbocycles. The molecule has 0 saturated heterocycles. The number of benzene rings is 1. The Bertz CT molecular complexity index is 388. The molecule has 0 amide bonds. The van der Waals surface area contributed by atoms with E-state index in [1.54, 1.807) is 12.1 Å². The van der Waals surface area contributed by atoms with E-state index in [1.165, 1.54) is 19.1 Å². The average Bonchev–Trinajstić information content (AvgIpc) is 2.26. The highest BCUT2D eigenvalue weighted by molar-refractivity contribution is 5.72. The molecule has 0 radical (unpaired) electrons. The van der Waals surface area contributed by atoms with Gasteiger partial charge in [-0.2, -0.15) is 0 Å². The van der Waals surface area contributed by atoms with E-state index in [2.05, 4.69) is 5.32 Å². The Hall–Kier alpha value is -1.95. The first-order valence-corrected chi connectivity index (χ1v) is 4.70. The van der Waals surface area contributed by atoms with Crippen LogP contribution in [0.2, 0.25) is 0 Å². The van der Waals surface area contributed by atoms with Crippen molar-refractivity contribution in [3.63, 3.8) is 0 Å². The zero-order valence-electron chi connectivity index (χ0n) is 8.71. The molecule has 0 aromatic heterocycles. The van der Waals surface area contributed by atoms with Gasteiger partial charge >= 0.3 is 5.97 Å². The van der Waals surface area contributed by atoms with Crippen LogP contribution in [0.3, 0.4) is 0 Å². The molecule has 0 unspecified atom stereocenters. The van der Waals surface area contributed by atoms with Gasteiger partial charge in [-0.05, 0) is 12.5 Å². The van der Waals surface area contributed by atoms with Crippen molar-refractivity contribution in [2.24, 2.45) is 0 Å².